The second kappa shape index (κ2) is 7.43. The van der Waals surface area contributed by atoms with Gasteiger partial charge in [0, 0.05) is 12.5 Å². The number of likely N-dealkylation sites (tertiary alicyclic amines) is 1. The predicted molar refractivity (Wildman–Crippen MR) is 65.8 cm³/mol. The standard InChI is InChI=1S/C13H23NO3/c1-3-17-13(16)8-7-12(15)10-14-9-5-4-6-11(14)2/h11H,3-10H2,1-2H3. The SMILES string of the molecule is CCOC(=O)CCC(=O)CN1CCCCC1C. The Labute approximate surface area is 103 Å². The molecule has 1 rings (SSSR count). The molecule has 1 heterocycles. The van der Waals surface area contributed by atoms with E-state index in [4.69, 9.17) is 4.74 Å². The number of hydrogen-bond acceptors (Lipinski definition) is 4. The third-order valence-corrected chi connectivity index (χ3v) is 3.23. The van der Waals surface area contributed by atoms with Gasteiger partial charge in [-0.3, -0.25) is 14.5 Å². The number of nitrogens with zero attached hydrogens (tertiary/aromatic N) is 1. The molecule has 1 saturated heterocycles. The highest BCUT2D eigenvalue weighted by Gasteiger charge is 2.20. The van der Waals surface area contributed by atoms with E-state index >= 15 is 0 Å². The third kappa shape index (κ3) is 5.31. The summed E-state index contributed by atoms with van der Waals surface area (Å²) < 4.78 is 4.80. The van der Waals surface area contributed by atoms with E-state index in [1.165, 1.54) is 19.3 Å². The van der Waals surface area contributed by atoms with Gasteiger partial charge in [-0.2, -0.15) is 0 Å². The van der Waals surface area contributed by atoms with Crippen molar-refractivity contribution >= 4 is 11.8 Å². The first-order valence-corrected chi connectivity index (χ1v) is 6.55. The maximum absolute atomic E-state index is 11.7. The number of ether oxygens (including phenoxy) is 1. The van der Waals surface area contributed by atoms with Crippen molar-refractivity contribution in [3.8, 4) is 0 Å². The molecule has 17 heavy (non-hydrogen) atoms. The normalized spacial score (nSPS) is 21.2. The lowest BCUT2D eigenvalue weighted by molar-refractivity contribution is -0.144. The molecule has 1 unspecified atom stereocenters. The lowest BCUT2D eigenvalue weighted by Crippen LogP contribution is -2.40. The van der Waals surface area contributed by atoms with Crippen molar-refractivity contribution in [1.82, 2.24) is 4.90 Å². The van der Waals surface area contributed by atoms with Crippen molar-refractivity contribution in [3.05, 3.63) is 0 Å². The van der Waals surface area contributed by atoms with Crippen LogP contribution >= 0.6 is 0 Å². The fourth-order valence-corrected chi connectivity index (χ4v) is 2.17. The van der Waals surface area contributed by atoms with Crippen molar-refractivity contribution in [2.75, 3.05) is 19.7 Å². The molecule has 1 fully saturated rings. The second-order valence-corrected chi connectivity index (χ2v) is 4.66. The van der Waals surface area contributed by atoms with Gasteiger partial charge < -0.3 is 4.74 Å². The molecule has 0 aromatic rings. The van der Waals surface area contributed by atoms with Crippen LogP contribution in [0, 0.1) is 0 Å². The first-order valence-electron chi connectivity index (χ1n) is 6.55. The van der Waals surface area contributed by atoms with Gasteiger partial charge in [0.15, 0.2) is 0 Å². The van der Waals surface area contributed by atoms with E-state index in [9.17, 15) is 9.59 Å². The molecule has 0 N–H and O–H groups in total. The van der Waals surface area contributed by atoms with Crippen LogP contribution in [0.25, 0.3) is 0 Å². The van der Waals surface area contributed by atoms with Gasteiger partial charge in [0.1, 0.15) is 5.78 Å². The summed E-state index contributed by atoms with van der Waals surface area (Å²) in [7, 11) is 0. The topological polar surface area (TPSA) is 46.6 Å². The average Bonchev–Trinajstić information content (AvgIpc) is 2.30. The van der Waals surface area contributed by atoms with Gasteiger partial charge in [-0.25, -0.2) is 0 Å². The monoisotopic (exact) mass is 241 g/mol. The molecule has 1 atom stereocenters. The van der Waals surface area contributed by atoms with Crippen LogP contribution in [0.5, 0.6) is 0 Å². The van der Waals surface area contributed by atoms with Crippen LogP contribution in [0.3, 0.4) is 0 Å². The van der Waals surface area contributed by atoms with Crippen molar-refractivity contribution in [2.45, 2.75) is 52.0 Å². The third-order valence-electron chi connectivity index (χ3n) is 3.23. The Kier molecular flexibility index (Phi) is 6.19. The summed E-state index contributed by atoms with van der Waals surface area (Å²) in [6.45, 7) is 5.82. The van der Waals surface area contributed by atoms with Gasteiger partial charge in [-0.15, -0.1) is 0 Å². The lowest BCUT2D eigenvalue weighted by Gasteiger charge is -2.32. The molecule has 4 heteroatoms. The van der Waals surface area contributed by atoms with Gasteiger partial charge >= 0.3 is 5.97 Å². The quantitative estimate of drug-likeness (QED) is 0.665. The molecule has 0 aliphatic carbocycles. The first-order chi connectivity index (χ1) is 8.13. The summed E-state index contributed by atoms with van der Waals surface area (Å²) in [6.07, 6.45) is 4.13. The number of hydrogen-bond donors (Lipinski definition) is 0. The zero-order valence-corrected chi connectivity index (χ0v) is 10.9. The van der Waals surface area contributed by atoms with Crippen LogP contribution in [0.2, 0.25) is 0 Å². The number of rotatable bonds is 6. The van der Waals surface area contributed by atoms with E-state index in [0.29, 0.717) is 25.6 Å². The fraction of sp³-hybridized carbons (Fsp3) is 0.846. The van der Waals surface area contributed by atoms with Gasteiger partial charge in [0.05, 0.1) is 19.6 Å². The number of carbonyl (C=O) groups is 2. The fourth-order valence-electron chi connectivity index (χ4n) is 2.17. The van der Waals surface area contributed by atoms with Crippen LogP contribution < -0.4 is 0 Å². The highest BCUT2D eigenvalue weighted by molar-refractivity contribution is 5.84. The minimum atomic E-state index is -0.271. The lowest BCUT2D eigenvalue weighted by atomic mass is 10.0. The Hall–Kier alpha value is -0.900. The molecule has 0 amide bonds. The van der Waals surface area contributed by atoms with Crippen molar-refractivity contribution in [3.63, 3.8) is 0 Å². The molecule has 0 bridgehead atoms. The molecular weight excluding hydrogens is 218 g/mol. The largest absolute Gasteiger partial charge is 0.466 e. The summed E-state index contributed by atoms with van der Waals surface area (Å²) in [5, 5.41) is 0. The smallest absolute Gasteiger partial charge is 0.306 e. The molecule has 0 radical (unpaired) electrons. The van der Waals surface area contributed by atoms with Crippen LogP contribution in [-0.2, 0) is 14.3 Å². The number of carbonyl (C=O) groups excluding carboxylic acids is 2. The van der Waals surface area contributed by atoms with E-state index in [1.54, 1.807) is 6.92 Å². The summed E-state index contributed by atoms with van der Waals surface area (Å²) in [6, 6.07) is 0.496. The molecule has 0 saturated carbocycles. The number of Topliss-reactive ketones (excluding diaryl/α,β-unsaturated/α-hetero) is 1. The Morgan fingerprint density at radius 3 is 2.71 bits per heavy atom. The summed E-state index contributed by atoms with van der Waals surface area (Å²) in [5.41, 5.74) is 0. The number of esters is 1. The Morgan fingerprint density at radius 1 is 1.29 bits per heavy atom. The Morgan fingerprint density at radius 2 is 2.06 bits per heavy atom. The van der Waals surface area contributed by atoms with Crippen LogP contribution in [0.15, 0.2) is 0 Å². The van der Waals surface area contributed by atoms with Crippen LogP contribution in [0.4, 0.5) is 0 Å². The molecular formula is C13H23NO3. The van der Waals surface area contributed by atoms with Gasteiger partial charge in [-0.1, -0.05) is 6.42 Å². The highest BCUT2D eigenvalue weighted by Crippen LogP contribution is 2.16. The maximum Gasteiger partial charge on any atom is 0.306 e. The minimum absolute atomic E-state index is 0.145. The number of piperidine rings is 1. The average molecular weight is 241 g/mol. The summed E-state index contributed by atoms with van der Waals surface area (Å²) in [4.78, 5) is 25.1. The maximum atomic E-state index is 11.7. The molecule has 0 aromatic carbocycles. The predicted octanol–water partition coefficient (Wildman–Crippen LogP) is 1.77. The van der Waals surface area contributed by atoms with E-state index in [2.05, 4.69) is 11.8 Å². The zero-order valence-electron chi connectivity index (χ0n) is 10.9. The first kappa shape index (κ1) is 14.2. The van der Waals surface area contributed by atoms with Crippen molar-refractivity contribution in [2.24, 2.45) is 0 Å². The molecule has 0 aromatic heterocycles. The van der Waals surface area contributed by atoms with Gasteiger partial charge in [0.2, 0.25) is 0 Å². The highest BCUT2D eigenvalue weighted by atomic mass is 16.5. The Bertz CT molecular complexity index is 265. The second-order valence-electron chi connectivity index (χ2n) is 4.66. The van der Waals surface area contributed by atoms with E-state index in [-0.39, 0.29) is 18.2 Å². The molecule has 1 aliphatic rings. The zero-order chi connectivity index (χ0) is 12.7. The minimum Gasteiger partial charge on any atom is -0.466 e. The van der Waals surface area contributed by atoms with E-state index in [1.807, 2.05) is 0 Å². The van der Waals surface area contributed by atoms with Gasteiger partial charge in [-0.05, 0) is 33.2 Å². The summed E-state index contributed by atoms with van der Waals surface area (Å²) in [5.74, 6) is -0.126. The van der Waals surface area contributed by atoms with Crippen LogP contribution in [-0.4, -0.2) is 42.4 Å². The molecule has 98 valence electrons. The van der Waals surface area contributed by atoms with Crippen molar-refractivity contribution < 1.29 is 14.3 Å². The van der Waals surface area contributed by atoms with E-state index in [0.717, 1.165) is 6.54 Å². The molecule has 0 spiro atoms. The summed E-state index contributed by atoms with van der Waals surface area (Å²) >= 11 is 0. The van der Waals surface area contributed by atoms with E-state index < -0.39 is 0 Å². The van der Waals surface area contributed by atoms with Crippen LogP contribution in [0.1, 0.15) is 46.0 Å². The van der Waals surface area contributed by atoms with Crippen molar-refractivity contribution in [1.29, 1.82) is 0 Å². The Balaban J connectivity index is 2.22. The van der Waals surface area contributed by atoms with Gasteiger partial charge in [0.25, 0.3) is 0 Å². The molecule has 4 nitrogen and oxygen atoms in total. The number of ketones is 1. The molecule has 1 aliphatic heterocycles.